The summed E-state index contributed by atoms with van der Waals surface area (Å²) in [6.45, 7) is 10.1. The van der Waals surface area contributed by atoms with Gasteiger partial charge in [0.2, 0.25) is 0 Å². The van der Waals surface area contributed by atoms with Crippen LogP contribution in [0.1, 0.15) is 27.2 Å². The van der Waals surface area contributed by atoms with Gasteiger partial charge in [0.05, 0.1) is 0 Å². The van der Waals surface area contributed by atoms with E-state index in [4.69, 9.17) is 5.73 Å². The first-order valence-corrected chi connectivity index (χ1v) is 4.49. The van der Waals surface area contributed by atoms with E-state index < -0.39 is 0 Å². The third-order valence-corrected chi connectivity index (χ3v) is 2.67. The van der Waals surface area contributed by atoms with Crippen molar-refractivity contribution in [2.75, 3.05) is 19.6 Å². The Hall–Kier alpha value is -0.0800. The van der Waals surface area contributed by atoms with Gasteiger partial charge < -0.3 is 5.73 Å². The molecule has 2 N–H and O–H groups in total. The van der Waals surface area contributed by atoms with Gasteiger partial charge >= 0.3 is 0 Å². The fourth-order valence-electron chi connectivity index (χ4n) is 1.68. The molecule has 0 saturated carbocycles. The summed E-state index contributed by atoms with van der Waals surface area (Å²) >= 11 is 0. The number of nitrogens with zero attached hydrogens (tertiary/aromatic N) is 1. The molecule has 1 rings (SSSR count). The first kappa shape index (κ1) is 9.01. The Labute approximate surface area is 69.8 Å². The highest BCUT2D eigenvalue weighted by molar-refractivity contribution is 4.85. The Bertz CT molecular complexity index is 132. The van der Waals surface area contributed by atoms with Crippen molar-refractivity contribution in [2.45, 2.75) is 33.2 Å². The van der Waals surface area contributed by atoms with Gasteiger partial charge in [-0.05, 0) is 25.3 Å². The number of rotatable bonds is 2. The predicted molar refractivity (Wildman–Crippen MR) is 48.5 cm³/mol. The molecule has 0 radical (unpaired) electrons. The number of hydrogen-bond acceptors (Lipinski definition) is 2. The van der Waals surface area contributed by atoms with Gasteiger partial charge in [0.15, 0.2) is 0 Å². The van der Waals surface area contributed by atoms with Crippen LogP contribution >= 0.6 is 0 Å². The van der Waals surface area contributed by atoms with Gasteiger partial charge in [0, 0.05) is 19.1 Å². The normalized spacial score (nSPS) is 27.3. The van der Waals surface area contributed by atoms with Crippen LogP contribution in [0.3, 0.4) is 0 Å². The lowest BCUT2D eigenvalue weighted by atomic mass is 9.93. The van der Waals surface area contributed by atoms with Gasteiger partial charge in [-0.1, -0.05) is 13.8 Å². The van der Waals surface area contributed by atoms with Crippen LogP contribution in [-0.4, -0.2) is 30.6 Å². The van der Waals surface area contributed by atoms with E-state index in [-0.39, 0.29) is 0 Å². The zero-order chi connectivity index (χ0) is 8.48. The fraction of sp³-hybridized carbons (Fsp3) is 1.00. The van der Waals surface area contributed by atoms with E-state index in [2.05, 4.69) is 25.7 Å². The molecule has 1 aliphatic heterocycles. The summed E-state index contributed by atoms with van der Waals surface area (Å²) in [7, 11) is 0. The maximum Gasteiger partial charge on any atom is 0.0190 e. The van der Waals surface area contributed by atoms with Crippen molar-refractivity contribution in [3.05, 3.63) is 0 Å². The van der Waals surface area contributed by atoms with Crippen LogP contribution < -0.4 is 5.73 Å². The average molecular weight is 156 g/mol. The third-order valence-electron chi connectivity index (χ3n) is 2.67. The molecule has 0 aromatic rings. The van der Waals surface area contributed by atoms with E-state index in [1.54, 1.807) is 0 Å². The molecule has 1 saturated heterocycles. The molecule has 0 aromatic heterocycles. The van der Waals surface area contributed by atoms with E-state index in [1.807, 2.05) is 0 Å². The minimum absolute atomic E-state index is 0.517. The lowest BCUT2D eigenvalue weighted by molar-refractivity contribution is 0.234. The van der Waals surface area contributed by atoms with Gasteiger partial charge in [0.25, 0.3) is 0 Å². The monoisotopic (exact) mass is 156 g/mol. The predicted octanol–water partition coefficient (Wildman–Crippen LogP) is 1.07. The zero-order valence-electron chi connectivity index (χ0n) is 7.93. The maximum absolute atomic E-state index is 5.60. The lowest BCUT2D eigenvalue weighted by Crippen LogP contribution is -2.37. The third kappa shape index (κ3) is 2.17. The van der Waals surface area contributed by atoms with Crippen LogP contribution in [-0.2, 0) is 0 Å². The molecule has 1 heterocycles. The first-order valence-electron chi connectivity index (χ1n) is 4.49. The van der Waals surface area contributed by atoms with Crippen LogP contribution in [0.4, 0.5) is 0 Å². The minimum Gasteiger partial charge on any atom is -0.329 e. The highest BCUT2D eigenvalue weighted by Crippen LogP contribution is 2.29. The highest BCUT2D eigenvalue weighted by Gasteiger charge is 2.30. The lowest BCUT2D eigenvalue weighted by Gasteiger charge is -2.24. The molecule has 1 unspecified atom stereocenters. The standard InChI is InChI=1S/C9H20N2/c1-8(6-10)11-5-4-9(2,3)7-11/h8H,4-7,10H2,1-3H3. The van der Waals surface area contributed by atoms with Gasteiger partial charge in [-0.15, -0.1) is 0 Å². The van der Waals surface area contributed by atoms with Gasteiger partial charge in [-0.2, -0.15) is 0 Å². The van der Waals surface area contributed by atoms with Gasteiger partial charge in [0.1, 0.15) is 0 Å². The Morgan fingerprint density at radius 2 is 2.18 bits per heavy atom. The molecule has 0 aromatic carbocycles. The second-order valence-electron chi connectivity index (χ2n) is 4.47. The molecular formula is C9H20N2. The Morgan fingerprint density at radius 3 is 2.55 bits per heavy atom. The molecule has 2 heteroatoms. The molecule has 1 atom stereocenters. The van der Waals surface area contributed by atoms with Crippen LogP contribution in [0.2, 0.25) is 0 Å². The molecule has 66 valence electrons. The van der Waals surface area contributed by atoms with Crippen molar-refractivity contribution in [1.82, 2.24) is 4.90 Å². The van der Waals surface area contributed by atoms with E-state index >= 15 is 0 Å². The zero-order valence-corrected chi connectivity index (χ0v) is 7.93. The number of hydrogen-bond donors (Lipinski definition) is 1. The van der Waals surface area contributed by atoms with Crippen LogP contribution in [0.15, 0.2) is 0 Å². The summed E-state index contributed by atoms with van der Waals surface area (Å²) in [6.07, 6.45) is 1.32. The molecule has 1 aliphatic rings. The summed E-state index contributed by atoms with van der Waals surface area (Å²) < 4.78 is 0. The molecular weight excluding hydrogens is 136 g/mol. The van der Waals surface area contributed by atoms with Crippen LogP contribution in [0.25, 0.3) is 0 Å². The smallest absolute Gasteiger partial charge is 0.0190 e. The molecule has 0 aliphatic carbocycles. The molecule has 1 fully saturated rings. The quantitative estimate of drug-likeness (QED) is 0.648. The summed E-state index contributed by atoms with van der Waals surface area (Å²) in [4.78, 5) is 2.49. The van der Waals surface area contributed by atoms with Crippen LogP contribution in [0, 0.1) is 5.41 Å². The second kappa shape index (κ2) is 3.11. The minimum atomic E-state index is 0.517. The number of likely N-dealkylation sites (tertiary alicyclic amines) is 1. The summed E-state index contributed by atoms with van der Waals surface area (Å²) in [6, 6.07) is 0.566. The molecule has 0 amide bonds. The summed E-state index contributed by atoms with van der Waals surface area (Å²) in [5.74, 6) is 0. The first-order chi connectivity index (χ1) is 5.05. The topological polar surface area (TPSA) is 29.3 Å². The maximum atomic E-state index is 5.60. The largest absolute Gasteiger partial charge is 0.329 e. The summed E-state index contributed by atoms with van der Waals surface area (Å²) in [5, 5.41) is 0. The van der Waals surface area contributed by atoms with Crippen molar-refractivity contribution in [3.63, 3.8) is 0 Å². The average Bonchev–Trinajstić information content (AvgIpc) is 2.29. The van der Waals surface area contributed by atoms with Gasteiger partial charge in [-0.25, -0.2) is 0 Å². The number of nitrogens with two attached hydrogens (primary N) is 1. The van der Waals surface area contributed by atoms with Crippen molar-refractivity contribution in [2.24, 2.45) is 11.1 Å². The SMILES string of the molecule is CC(CN)N1CCC(C)(C)C1. The second-order valence-corrected chi connectivity index (χ2v) is 4.47. The summed E-state index contributed by atoms with van der Waals surface area (Å²) in [5.41, 5.74) is 6.12. The van der Waals surface area contributed by atoms with Crippen LogP contribution in [0.5, 0.6) is 0 Å². The highest BCUT2D eigenvalue weighted by atomic mass is 15.2. The molecule has 2 nitrogen and oxygen atoms in total. The van der Waals surface area contributed by atoms with E-state index in [0.29, 0.717) is 11.5 Å². The van der Waals surface area contributed by atoms with E-state index in [9.17, 15) is 0 Å². The van der Waals surface area contributed by atoms with Crippen molar-refractivity contribution < 1.29 is 0 Å². The molecule has 11 heavy (non-hydrogen) atoms. The van der Waals surface area contributed by atoms with Crippen molar-refractivity contribution >= 4 is 0 Å². The Balaban J connectivity index is 2.41. The fourth-order valence-corrected chi connectivity index (χ4v) is 1.68. The van der Waals surface area contributed by atoms with Crippen molar-refractivity contribution in [3.8, 4) is 0 Å². The van der Waals surface area contributed by atoms with E-state index in [1.165, 1.54) is 19.5 Å². The van der Waals surface area contributed by atoms with Gasteiger partial charge in [-0.3, -0.25) is 4.90 Å². The molecule has 0 spiro atoms. The van der Waals surface area contributed by atoms with E-state index in [0.717, 1.165) is 6.54 Å². The molecule has 0 bridgehead atoms. The van der Waals surface area contributed by atoms with Crippen molar-refractivity contribution in [1.29, 1.82) is 0 Å². The Kier molecular flexibility index (Phi) is 2.55. The Morgan fingerprint density at radius 1 is 1.55 bits per heavy atom.